The Balaban J connectivity index is 2.36. The van der Waals surface area contributed by atoms with E-state index < -0.39 is 0 Å². The number of aryl methyl sites for hydroxylation is 1. The summed E-state index contributed by atoms with van der Waals surface area (Å²) in [4.78, 5) is 0. The van der Waals surface area contributed by atoms with E-state index in [-0.39, 0.29) is 0 Å². The number of rotatable bonds is 1. The van der Waals surface area contributed by atoms with E-state index in [0.717, 1.165) is 16.6 Å². The van der Waals surface area contributed by atoms with Gasteiger partial charge in [-0.2, -0.15) is 0 Å². The predicted molar refractivity (Wildman–Crippen MR) is 67.8 cm³/mol. The largest absolute Gasteiger partial charge is 0.394 e. The van der Waals surface area contributed by atoms with E-state index in [1.807, 2.05) is 35.9 Å². The molecule has 2 aromatic heterocycles. The van der Waals surface area contributed by atoms with Crippen molar-refractivity contribution in [2.75, 3.05) is 5.73 Å². The Morgan fingerprint density at radius 1 is 1.41 bits per heavy atom. The van der Waals surface area contributed by atoms with E-state index in [0.29, 0.717) is 16.5 Å². The molecule has 0 unspecified atom stereocenters. The fourth-order valence-electron chi connectivity index (χ4n) is 1.98. The van der Waals surface area contributed by atoms with Crippen LogP contribution in [0.15, 0.2) is 35.0 Å². The van der Waals surface area contributed by atoms with Crippen LogP contribution in [0.5, 0.6) is 0 Å². The highest BCUT2D eigenvalue weighted by Crippen LogP contribution is 2.33. The smallest absolute Gasteiger partial charge is 0.206 e. The molecule has 0 saturated carbocycles. The first-order valence-corrected chi connectivity index (χ1v) is 5.50. The summed E-state index contributed by atoms with van der Waals surface area (Å²) in [7, 11) is 1.94. The second-order valence-electron chi connectivity index (χ2n) is 3.87. The molecular weight excluding hydrogens is 238 g/mol. The molecule has 4 nitrogen and oxygen atoms in total. The first-order valence-electron chi connectivity index (χ1n) is 5.13. The highest BCUT2D eigenvalue weighted by molar-refractivity contribution is 6.35. The summed E-state index contributed by atoms with van der Waals surface area (Å²) >= 11 is 6.15. The summed E-state index contributed by atoms with van der Waals surface area (Å²) < 4.78 is 7.15. The lowest BCUT2D eigenvalue weighted by atomic mass is 10.2. The molecule has 2 N–H and O–H groups in total. The number of fused-ring (bicyclic) bond motifs is 1. The Labute approximate surface area is 103 Å². The maximum atomic E-state index is 6.15. The fourth-order valence-corrected chi connectivity index (χ4v) is 2.21. The SMILES string of the molecule is Cn1c(-c2oncc2N)cc2c(Cl)cccc21. The van der Waals surface area contributed by atoms with Crippen LogP contribution in [-0.2, 0) is 7.05 Å². The number of nitrogens with zero attached hydrogens (tertiary/aromatic N) is 2. The van der Waals surface area contributed by atoms with Gasteiger partial charge in [-0.1, -0.05) is 22.8 Å². The molecule has 0 fully saturated rings. The number of halogens is 1. The van der Waals surface area contributed by atoms with Crippen molar-refractivity contribution in [1.82, 2.24) is 9.72 Å². The minimum Gasteiger partial charge on any atom is -0.394 e. The molecule has 0 saturated heterocycles. The summed E-state index contributed by atoms with van der Waals surface area (Å²) in [6, 6.07) is 7.72. The first kappa shape index (κ1) is 10.2. The molecule has 0 radical (unpaired) electrons. The third-order valence-electron chi connectivity index (χ3n) is 2.86. The topological polar surface area (TPSA) is 57.0 Å². The number of anilines is 1. The maximum absolute atomic E-state index is 6.15. The predicted octanol–water partition coefficient (Wildman–Crippen LogP) is 3.07. The van der Waals surface area contributed by atoms with Gasteiger partial charge in [0.1, 0.15) is 5.69 Å². The molecule has 0 amide bonds. The molecular formula is C12H10ClN3O. The number of hydrogen-bond acceptors (Lipinski definition) is 3. The highest BCUT2D eigenvalue weighted by Gasteiger charge is 2.15. The van der Waals surface area contributed by atoms with Crippen molar-refractivity contribution in [3.8, 4) is 11.5 Å². The van der Waals surface area contributed by atoms with Crippen LogP contribution in [0.3, 0.4) is 0 Å². The molecule has 1 aromatic carbocycles. The molecule has 86 valence electrons. The van der Waals surface area contributed by atoms with Crippen LogP contribution >= 0.6 is 11.6 Å². The van der Waals surface area contributed by atoms with Crippen molar-refractivity contribution < 1.29 is 4.52 Å². The van der Waals surface area contributed by atoms with Gasteiger partial charge >= 0.3 is 0 Å². The quantitative estimate of drug-likeness (QED) is 0.719. The molecule has 0 aliphatic heterocycles. The van der Waals surface area contributed by atoms with Gasteiger partial charge in [-0.25, -0.2) is 0 Å². The van der Waals surface area contributed by atoms with Gasteiger partial charge in [-0.3, -0.25) is 0 Å². The molecule has 5 heteroatoms. The molecule has 3 rings (SSSR count). The minimum atomic E-state index is 0.520. The van der Waals surface area contributed by atoms with Crippen molar-refractivity contribution >= 4 is 28.2 Å². The van der Waals surface area contributed by atoms with Crippen molar-refractivity contribution in [3.05, 3.63) is 35.5 Å². The lowest BCUT2D eigenvalue weighted by molar-refractivity contribution is 0.430. The van der Waals surface area contributed by atoms with Crippen molar-refractivity contribution in [1.29, 1.82) is 0 Å². The van der Waals surface area contributed by atoms with Gasteiger partial charge in [0.2, 0.25) is 5.76 Å². The van der Waals surface area contributed by atoms with Gasteiger partial charge in [0.25, 0.3) is 0 Å². The molecule has 0 aliphatic rings. The summed E-state index contributed by atoms with van der Waals surface area (Å²) in [6.45, 7) is 0. The minimum absolute atomic E-state index is 0.520. The van der Waals surface area contributed by atoms with Crippen LogP contribution in [0.2, 0.25) is 5.02 Å². The van der Waals surface area contributed by atoms with Gasteiger partial charge < -0.3 is 14.8 Å². The zero-order chi connectivity index (χ0) is 12.0. The number of aromatic nitrogens is 2. The summed E-state index contributed by atoms with van der Waals surface area (Å²) in [5, 5.41) is 5.37. The van der Waals surface area contributed by atoms with E-state index >= 15 is 0 Å². The van der Waals surface area contributed by atoms with Crippen molar-refractivity contribution in [3.63, 3.8) is 0 Å². The third-order valence-corrected chi connectivity index (χ3v) is 3.19. The lowest BCUT2D eigenvalue weighted by Crippen LogP contribution is -1.92. The van der Waals surface area contributed by atoms with E-state index in [1.54, 1.807) is 0 Å². The fraction of sp³-hybridized carbons (Fsp3) is 0.0833. The van der Waals surface area contributed by atoms with Crippen LogP contribution in [0.25, 0.3) is 22.4 Å². The number of nitrogens with two attached hydrogens (primary N) is 1. The molecule has 0 spiro atoms. The molecule has 0 atom stereocenters. The van der Waals surface area contributed by atoms with Crippen LogP contribution < -0.4 is 5.73 Å². The first-order chi connectivity index (χ1) is 8.18. The normalized spacial score (nSPS) is 11.2. The Kier molecular flexibility index (Phi) is 2.12. The number of benzene rings is 1. The van der Waals surface area contributed by atoms with Crippen LogP contribution in [0, 0.1) is 0 Å². The van der Waals surface area contributed by atoms with E-state index in [1.165, 1.54) is 6.20 Å². The third kappa shape index (κ3) is 1.41. The van der Waals surface area contributed by atoms with Crippen LogP contribution in [-0.4, -0.2) is 9.72 Å². The van der Waals surface area contributed by atoms with E-state index in [9.17, 15) is 0 Å². The number of hydrogen-bond donors (Lipinski definition) is 1. The summed E-state index contributed by atoms with van der Waals surface area (Å²) in [5.41, 5.74) is 8.21. The Morgan fingerprint density at radius 2 is 2.24 bits per heavy atom. The van der Waals surface area contributed by atoms with Gasteiger partial charge in [0, 0.05) is 23.0 Å². The van der Waals surface area contributed by atoms with Crippen molar-refractivity contribution in [2.24, 2.45) is 7.05 Å². The Morgan fingerprint density at radius 3 is 2.88 bits per heavy atom. The van der Waals surface area contributed by atoms with Gasteiger partial charge in [0.15, 0.2) is 0 Å². The average molecular weight is 248 g/mol. The second kappa shape index (κ2) is 3.53. The van der Waals surface area contributed by atoms with E-state index in [2.05, 4.69) is 5.16 Å². The summed E-state index contributed by atoms with van der Waals surface area (Å²) in [6.07, 6.45) is 1.49. The van der Waals surface area contributed by atoms with Crippen LogP contribution in [0.1, 0.15) is 0 Å². The van der Waals surface area contributed by atoms with Crippen LogP contribution in [0.4, 0.5) is 5.69 Å². The van der Waals surface area contributed by atoms with E-state index in [4.69, 9.17) is 21.9 Å². The molecule has 0 bridgehead atoms. The van der Waals surface area contributed by atoms with Gasteiger partial charge in [-0.15, -0.1) is 0 Å². The van der Waals surface area contributed by atoms with Gasteiger partial charge in [-0.05, 0) is 18.2 Å². The van der Waals surface area contributed by atoms with Crippen molar-refractivity contribution in [2.45, 2.75) is 0 Å². The Hall–Kier alpha value is -1.94. The Bertz CT molecular complexity index is 699. The maximum Gasteiger partial charge on any atom is 0.206 e. The van der Waals surface area contributed by atoms with Gasteiger partial charge in [0.05, 0.1) is 11.9 Å². The second-order valence-corrected chi connectivity index (χ2v) is 4.28. The molecule has 17 heavy (non-hydrogen) atoms. The lowest BCUT2D eigenvalue weighted by Gasteiger charge is -2.01. The monoisotopic (exact) mass is 247 g/mol. The average Bonchev–Trinajstić information content (AvgIpc) is 2.85. The molecule has 3 aromatic rings. The zero-order valence-corrected chi connectivity index (χ0v) is 9.90. The molecule has 0 aliphatic carbocycles. The molecule has 2 heterocycles. The zero-order valence-electron chi connectivity index (χ0n) is 9.14. The standard InChI is InChI=1S/C12H10ClN3O/c1-16-10-4-2-3-8(13)7(10)5-11(16)12-9(14)6-15-17-12/h2-6H,14H2,1H3. The highest BCUT2D eigenvalue weighted by atomic mass is 35.5. The number of nitrogen functional groups attached to an aromatic ring is 1. The summed E-state index contributed by atoms with van der Waals surface area (Å²) in [5.74, 6) is 0.569.